The van der Waals surface area contributed by atoms with Crippen LogP contribution < -0.4 is 11.1 Å². The second-order valence-electron chi connectivity index (χ2n) is 7.18. The smallest absolute Gasteiger partial charge is 0.224 e. The largest absolute Gasteiger partial charge is 0.369 e. The SMILES string of the molecule is CCC[C@H](C(N)=O)[C@@H](CC1CCC1)C(=O)NC(C)(C)C. The quantitative estimate of drug-likeness (QED) is 0.753. The van der Waals surface area contributed by atoms with Crippen LogP contribution in [0.5, 0.6) is 0 Å². The number of carbonyl (C=O) groups excluding carboxylic acids is 2. The molecule has 0 aromatic rings. The van der Waals surface area contributed by atoms with Crippen LogP contribution in [0.2, 0.25) is 0 Å². The van der Waals surface area contributed by atoms with Crippen molar-refractivity contribution in [3.8, 4) is 0 Å². The molecule has 1 rings (SSSR count). The van der Waals surface area contributed by atoms with Gasteiger partial charge >= 0.3 is 0 Å². The summed E-state index contributed by atoms with van der Waals surface area (Å²) in [4.78, 5) is 24.3. The highest BCUT2D eigenvalue weighted by Crippen LogP contribution is 2.36. The lowest BCUT2D eigenvalue weighted by Gasteiger charge is -2.34. The number of amides is 2. The predicted molar refractivity (Wildman–Crippen MR) is 80.9 cm³/mol. The van der Waals surface area contributed by atoms with Crippen LogP contribution >= 0.6 is 0 Å². The van der Waals surface area contributed by atoms with Crippen molar-refractivity contribution < 1.29 is 9.59 Å². The molecule has 0 saturated heterocycles. The van der Waals surface area contributed by atoms with E-state index in [0.29, 0.717) is 12.3 Å². The van der Waals surface area contributed by atoms with E-state index in [1.54, 1.807) is 0 Å². The predicted octanol–water partition coefficient (Wildman–Crippen LogP) is 2.61. The Kier molecular flexibility index (Phi) is 6.03. The number of nitrogens with two attached hydrogens (primary N) is 1. The van der Waals surface area contributed by atoms with Crippen LogP contribution in [-0.2, 0) is 9.59 Å². The fraction of sp³-hybridized carbons (Fsp3) is 0.875. The lowest BCUT2D eigenvalue weighted by Crippen LogP contribution is -2.48. The fourth-order valence-corrected chi connectivity index (χ4v) is 2.86. The zero-order valence-electron chi connectivity index (χ0n) is 13.4. The van der Waals surface area contributed by atoms with Gasteiger partial charge in [0.05, 0.1) is 0 Å². The van der Waals surface area contributed by atoms with Gasteiger partial charge in [-0.25, -0.2) is 0 Å². The van der Waals surface area contributed by atoms with Gasteiger partial charge in [0.15, 0.2) is 0 Å². The zero-order chi connectivity index (χ0) is 15.3. The Labute approximate surface area is 122 Å². The molecule has 0 spiro atoms. The minimum Gasteiger partial charge on any atom is -0.369 e. The molecule has 0 bridgehead atoms. The summed E-state index contributed by atoms with van der Waals surface area (Å²) in [5, 5.41) is 3.02. The van der Waals surface area contributed by atoms with Crippen LogP contribution in [0.25, 0.3) is 0 Å². The third-order valence-corrected chi connectivity index (χ3v) is 4.10. The molecule has 20 heavy (non-hydrogen) atoms. The van der Waals surface area contributed by atoms with Crippen molar-refractivity contribution in [1.82, 2.24) is 5.32 Å². The number of hydrogen-bond acceptors (Lipinski definition) is 2. The molecule has 1 saturated carbocycles. The Morgan fingerprint density at radius 1 is 1.25 bits per heavy atom. The molecule has 4 heteroatoms. The van der Waals surface area contributed by atoms with Crippen molar-refractivity contribution >= 4 is 11.8 Å². The van der Waals surface area contributed by atoms with Crippen molar-refractivity contribution in [3.05, 3.63) is 0 Å². The molecule has 2 atom stereocenters. The van der Waals surface area contributed by atoms with Gasteiger partial charge in [0.25, 0.3) is 0 Å². The number of primary amides is 1. The summed E-state index contributed by atoms with van der Waals surface area (Å²) in [6, 6.07) is 0. The molecular weight excluding hydrogens is 252 g/mol. The molecule has 0 aliphatic heterocycles. The molecule has 2 amide bonds. The summed E-state index contributed by atoms with van der Waals surface area (Å²) < 4.78 is 0. The van der Waals surface area contributed by atoms with Gasteiger partial charge in [-0.15, -0.1) is 0 Å². The second kappa shape index (κ2) is 7.09. The highest BCUT2D eigenvalue weighted by Gasteiger charge is 2.36. The van der Waals surface area contributed by atoms with Crippen LogP contribution in [0, 0.1) is 17.8 Å². The first-order chi connectivity index (χ1) is 9.24. The van der Waals surface area contributed by atoms with Gasteiger partial charge < -0.3 is 11.1 Å². The maximum atomic E-state index is 12.5. The summed E-state index contributed by atoms with van der Waals surface area (Å²) in [5.41, 5.74) is 5.27. The third kappa shape index (κ3) is 5.14. The van der Waals surface area contributed by atoms with Gasteiger partial charge in [-0.2, -0.15) is 0 Å². The molecule has 1 aliphatic rings. The van der Waals surface area contributed by atoms with E-state index in [1.807, 2.05) is 27.7 Å². The number of carbonyl (C=O) groups is 2. The van der Waals surface area contributed by atoms with E-state index in [2.05, 4.69) is 5.32 Å². The van der Waals surface area contributed by atoms with Crippen molar-refractivity contribution in [2.45, 2.75) is 71.8 Å². The van der Waals surface area contributed by atoms with Crippen molar-refractivity contribution in [3.63, 3.8) is 0 Å². The maximum absolute atomic E-state index is 12.5. The van der Waals surface area contributed by atoms with E-state index in [-0.39, 0.29) is 29.2 Å². The Bertz CT molecular complexity index is 343. The summed E-state index contributed by atoms with van der Waals surface area (Å²) in [6.07, 6.45) is 5.97. The second-order valence-corrected chi connectivity index (χ2v) is 7.18. The van der Waals surface area contributed by atoms with Crippen molar-refractivity contribution in [2.75, 3.05) is 0 Å². The van der Waals surface area contributed by atoms with Crippen molar-refractivity contribution in [1.29, 1.82) is 0 Å². The molecule has 0 heterocycles. The molecule has 0 unspecified atom stereocenters. The molecule has 0 radical (unpaired) electrons. The number of hydrogen-bond donors (Lipinski definition) is 2. The maximum Gasteiger partial charge on any atom is 0.224 e. The van der Waals surface area contributed by atoms with Crippen LogP contribution in [0.4, 0.5) is 0 Å². The molecule has 0 aromatic heterocycles. The van der Waals surface area contributed by atoms with Crippen LogP contribution in [0.3, 0.4) is 0 Å². The Balaban J connectivity index is 2.81. The van der Waals surface area contributed by atoms with Crippen LogP contribution in [0.15, 0.2) is 0 Å². The van der Waals surface area contributed by atoms with Gasteiger partial charge in [-0.3, -0.25) is 9.59 Å². The van der Waals surface area contributed by atoms with E-state index in [9.17, 15) is 9.59 Å². The molecular formula is C16H30N2O2. The average molecular weight is 282 g/mol. The van der Waals surface area contributed by atoms with Gasteiger partial charge in [0, 0.05) is 17.4 Å². The molecule has 3 N–H and O–H groups in total. The van der Waals surface area contributed by atoms with E-state index < -0.39 is 0 Å². The third-order valence-electron chi connectivity index (χ3n) is 4.10. The highest BCUT2D eigenvalue weighted by molar-refractivity contribution is 5.87. The summed E-state index contributed by atoms with van der Waals surface area (Å²) in [6.45, 7) is 7.91. The zero-order valence-corrected chi connectivity index (χ0v) is 13.4. The molecule has 1 aliphatic carbocycles. The Hall–Kier alpha value is -1.06. The molecule has 0 aromatic carbocycles. The standard InChI is InChI=1S/C16H30N2O2/c1-5-7-12(14(17)19)13(10-11-8-6-9-11)15(20)18-16(2,3)4/h11-13H,5-10H2,1-4H3,(H2,17,19)(H,18,20)/t12-,13+/m0/s1. The molecule has 1 fully saturated rings. The van der Waals surface area contributed by atoms with Crippen LogP contribution in [-0.4, -0.2) is 17.4 Å². The summed E-state index contributed by atoms with van der Waals surface area (Å²) in [7, 11) is 0. The summed E-state index contributed by atoms with van der Waals surface area (Å²) in [5.74, 6) is -0.355. The lowest BCUT2D eigenvalue weighted by atomic mass is 9.73. The Morgan fingerprint density at radius 3 is 2.20 bits per heavy atom. The number of rotatable bonds is 7. The Morgan fingerprint density at radius 2 is 1.85 bits per heavy atom. The van der Waals surface area contributed by atoms with E-state index in [0.717, 1.165) is 12.8 Å². The van der Waals surface area contributed by atoms with Crippen molar-refractivity contribution in [2.24, 2.45) is 23.5 Å². The topological polar surface area (TPSA) is 72.2 Å². The monoisotopic (exact) mass is 282 g/mol. The minimum absolute atomic E-state index is 0.0124. The van der Waals surface area contributed by atoms with Gasteiger partial charge in [0.1, 0.15) is 0 Å². The average Bonchev–Trinajstić information content (AvgIpc) is 2.22. The highest BCUT2D eigenvalue weighted by atomic mass is 16.2. The van der Waals surface area contributed by atoms with E-state index in [1.165, 1.54) is 19.3 Å². The van der Waals surface area contributed by atoms with Gasteiger partial charge in [-0.05, 0) is 39.5 Å². The summed E-state index contributed by atoms with van der Waals surface area (Å²) >= 11 is 0. The van der Waals surface area contributed by atoms with E-state index in [4.69, 9.17) is 5.73 Å². The van der Waals surface area contributed by atoms with E-state index >= 15 is 0 Å². The minimum atomic E-state index is -0.333. The number of nitrogens with one attached hydrogen (secondary N) is 1. The fourth-order valence-electron chi connectivity index (χ4n) is 2.86. The first-order valence-electron chi connectivity index (χ1n) is 7.86. The van der Waals surface area contributed by atoms with Gasteiger partial charge in [0.2, 0.25) is 11.8 Å². The first kappa shape index (κ1) is 17.0. The molecule has 4 nitrogen and oxygen atoms in total. The van der Waals surface area contributed by atoms with Crippen LogP contribution in [0.1, 0.15) is 66.2 Å². The lowest BCUT2D eigenvalue weighted by molar-refractivity contribution is -0.135. The first-order valence-corrected chi connectivity index (χ1v) is 7.86. The normalized spacial score (nSPS) is 19.0. The molecule has 116 valence electrons. The van der Waals surface area contributed by atoms with Gasteiger partial charge in [-0.1, -0.05) is 32.6 Å².